The van der Waals surface area contributed by atoms with Gasteiger partial charge in [0.2, 0.25) is 0 Å². The largest absolute Gasteiger partial charge is 0.304 e. The zero-order valence-electron chi connectivity index (χ0n) is 11.7. The van der Waals surface area contributed by atoms with Crippen LogP contribution in [0.1, 0.15) is 36.3 Å². The van der Waals surface area contributed by atoms with E-state index in [1.165, 1.54) is 0 Å². The molecule has 0 aliphatic heterocycles. The molecule has 2 nitrogen and oxygen atoms in total. The van der Waals surface area contributed by atoms with E-state index >= 15 is 0 Å². The molecule has 2 aromatic rings. The van der Waals surface area contributed by atoms with Crippen LogP contribution >= 0.6 is 23.2 Å². The maximum Gasteiger partial charge on any atom is 0.0595 e. The molecule has 0 aliphatic rings. The third-order valence-corrected chi connectivity index (χ3v) is 3.97. The van der Waals surface area contributed by atoms with Gasteiger partial charge in [-0.1, -0.05) is 42.3 Å². The molecule has 1 N–H and O–H groups in total. The van der Waals surface area contributed by atoms with Crippen molar-refractivity contribution < 1.29 is 0 Å². The lowest BCUT2D eigenvalue weighted by atomic mass is 10.0. The molecule has 0 aliphatic carbocycles. The molecule has 0 fully saturated rings. The lowest BCUT2D eigenvalue weighted by molar-refractivity contribution is 0.514. The summed E-state index contributed by atoms with van der Waals surface area (Å²) in [4.78, 5) is 4.50. The van der Waals surface area contributed by atoms with E-state index in [9.17, 15) is 0 Å². The van der Waals surface area contributed by atoms with Crippen LogP contribution in [0.5, 0.6) is 0 Å². The smallest absolute Gasteiger partial charge is 0.0595 e. The number of nitrogens with one attached hydrogen (secondary N) is 1. The summed E-state index contributed by atoms with van der Waals surface area (Å²) < 4.78 is 0. The fraction of sp³-hybridized carbons (Fsp3) is 0.312. The fourth-order valence-electron chi connectivity index (χ4n) is 2.15. The van der Waals surface area contributed by atoms with Crippen LogP contribution in [0.3, 0.4) is 0 Å². The van der Waals surface area contributed by atoms with E-state index in [-0.39, 0.29) is 6.04 Å². The zero-order valence-corrected chi connectivity index (χ0v) is 13.2. The first kappa shape index (κ1) is 15.3. The second-order valence-corrected chi connectivity index (χ2v) is 5.60. The molecular weight excluding hydrogens is 291 g/mol. The number of aryl methyl sites for hydroxylation is 1. The van der Waals surface area contributed by atoms with Gasteiger partial charge in [0, 0.05) is 18.3 Å². The second kappa shape index (κ2) is 7.07. The molecule has 0 spiro atoms. The molecule has 1 aromatic heterocycles. The lowest BCUT2D eigenvalue weighted by Gasteiger charge is -2.18. The normalized spacial score (nSPS) is 12.4. The Labute approximate surface area is 130 Å². The van der Waals surface area contributed by atoms with E-state index in [2.05, 4.69) is 17.2 Å². The predicted octanol–water partition coefficient (Wildman–Crippen LogP) is 4.94. The van der Waals surface area contributed by atoms with Crippen LogP contribution in [0, 0.1) is 6.92 Å². The molecule has 20 heavy (non-hydrogen) atoms. The average Bonchev–Trinajstić information content (AvgIpc) is 2.43. The summed E-state index contributed by atoms with van der Waals surface area (Å²) >= 11 is 12.0. The fourth-order valence-corrected chi connectivity index (χ4v) is 2.46. The molecule has 1 aromatic carbocycles. The highest BCUT2D eigenvalue weighted by Gasteiger charge is 2.10. The first-order chi connectivity index (χ1) is 9.60. The van der Waals surface area contributed by atoms with E-state index in [1.807, 2.05) is 43.3 Å². The summed E-state index contributed by atoms with van der Waals surface area (Å²) in [6.45, 7) is 4.88. The molecule has 4 heteroatoms. The number of rotatable bonds is 5. The quantitative estimate of drug-likeness (QED) is 0.846. The molecular formula is C16H18Cl2N2. The Bertz CT molecular complexity index is 584. The van der Waals surface area contributed by atoms with Gasteiger partial charge < -0.3 is 5.32 Å². The summed E-state index contributed by atoms with van der Waals surface area (Å²) in [5.74, 6) is 0. The molecule has 0 saturated heterocycles. The van der Waals surface area contributed by atoms with Gasteiger partial charge in [0.05, 0.1) is 15.7 Å². The number of hydrogen-bond donors (Lipinski definition) is 1. The Morgan fingerprint density at radius 3 is 2.60 bits per heavy atom. The molecule has 1 atom stereocenters. The minimum absolute atomic E-state index is 0.243. The highest BCUT2D eigenvalue weighted by molar-refractivity contribution is 6.42. The predicted molar refractivity (Wildman–Crippen MR) is 85.3 cm³/mol. The van der Waals surface area contributed by atoms with Gasteiger partial charge in [-0.05, 0) is 43.2 Å². The molecule has 0 radical (unpaired) electrons. The number of aromatic nitrogens is 1. The zero-order chi connectivity index (χ0) is 14.5. The highest BCUT2D eigenvalue weighted by atomic mass is 35.5. The van der Waals surface area contributed by atoms with Gasteiger partial charge >= 0.3 is 0 Å². The standard InChI is InChI=1S/C16H18Cl2N2/c1-3-16(12-7-8-14(17)15(18)9-12)19-10-13-6-4-5-11(2)20-13/h4-9,16,19H,3,10H2,1-2H3. The monoisotopic (exact) mass is 308 g/mol. The van der Waals surface area contributed by atoms with Gasteiger partial charge in [-0.15, -0.1) is 0 Å². The molecule has 0 saturated carbocycles. The summed E-state index contributed by atoms with van der Waals surface area (Å²) in [5.41, 5.74) is 3.23. The summed E-state index contributed by atoms with van der Waals surface area (Å²) in [7, 11) is 0. The minimum atomic E-state index is 0.243. The van der Waals surface area contributed by atoms with Crippen molar-refractivity contribution in [2.45, 2.75) is 32.9 Å². The molecule has 1 heterocycles. The first-order valence-electron chi connectivity index (χ1n) is 6.71. The molecule has 0 bridgehead atoms. The van der Waals surface area contributed by atoms with Crippen LogP contribution in [-0.2, 0) is 6.54 Å². The number of hydrogen-bond acceptors (Lipinski definition) is 2. The average molecular weight is 309 g/mol. The Kier molecular flexibility index (Phi) is 5.41. The van der Waals surface area contributed by atoms with Gasteiger partial charge in [-0.25, -0.2) is 0 Å². The Hall–Kier alpha value is -1.09. The van der Waals surface area contributed by atoms with Crippen LogP contribution in [0.4, 0.5) is 0 Å². The van der Waals surface area contributed by atoms with Crippen molar-refractivity contribution >= 4 is 23.2 Å². The molecule has 1 unspecified atom stereocenters. The maximum atomic E-state index is 6.08. The van der Waals surface area contributed by atoms with Gasteiger partial charge in [0.1, 0.15) is 0 Å². The van der Waals surface area contributed by atoms with Gasteiger partial charge in [-0.2, -0.15) is 0 Å². The maximum absolute atomic E-state index is 6.08. The highest BCUT2D eigenvalue weighted by Crippen LogP contribution is 2.27. The SMILES string of the molecule is CCC(NCc1cccc(C)n1)c1ccc(Cl)c(Cl)c1. The van der Waals surface area contributed by atoms with Crippen LogP contribution in [0.15, 0.2) is 36.4 Å². The number of nitrogens with zero attached hydrogens (tertiary/aromatic N) is 1. The minimum Gasteiger partial charge on any atom is -0.304 e. The van der Waals surface area contributed by atoms with E-state index in [0.717, 1.165) is 29.9 Å². The molecule has 0 amide bonds. The number of benzene rings is 1. The van der Waals surface area contributed by atoms with Crippen molar-refractivity contribution in [1.29, 1.82) is 0 Å². The van der Waals surface area contributed by atoms with Crippen molar-refractivity contribution in [3.63, 3.8) is 0 Å². The van der Waals surface area contributed by atoms with Crippen molar-refractivity contribution in [2.75, 3.05) is 0 Å². The number of halogens is 2. The Morgan fingerprint density at radius 1 is 1.15 bits per heavy atom. The van der Waals surface area contributed by atoms with E-state index in [0.29, 0.717) is 10.0 Å². The summed E-state index contributed by atoms with van der Waals surface area (Å²) in [5, 5.41) is 4.70. The number of pyridine rings is 1. The topological polar surface area (TPSA) is 24.9 Å². The molecule has 2 rings (SSSR count). The third kappa shape index (κ3) is 3.95. The van der Waals surface area contributed by atoms with Crippen LogP contribution in [0.25, 0.3) is 0 Å². The first-order valence-corrected chi connectivity index (χ1v) is 7.46. The van der Waals surface area contributed by atoms with Crippen LogP contribution < -0.4 is 5.32 Å². The van der Waals surface area contributed by atoms with Gasteiger partial charge in [0.25, 0.3) is 0 Å². The van der Waals surface area contributed by atoms with Crippen LogP contribution in [0.2, 0.25) is 10.0 Å². The summed E-state index contributed by atoms with van der Waals surface area (Å²) in [6, 6.07) is 12.1. The lowest BCUT2D eigenvalue weighted by Crippen LogP contribution is -2.21. The van der Waals surface area contributed by atoms with E-state index in [1.54, 1.807) is 0 Å². The molecule has 106 valence electrons. The van der Waals surface area contributed by atoms with E-state index < -0.39 is 0 Å². The van der Waals surface area contributed by atoms with Gasteiger partial charge in [-0.3, -0.25) is 4.98 Å². The van der Waals surface area contributed by atoms with Gasteiger partial charge in [0.15, 0.2) is 0 Å². The van der Waals surface area contributed by atoms with Crippen molar-refractivity contribution in [2.24, 2.45) is 0 Å². The van der Waals surface area contributed by atoms with Crippen molar-refractivity contribution in [1.82, 2.24) is 10.3 Å². The Morgan fingerprint density at radius 2 is 1.95 bits per heavy atom. The summed E-state index contributed by atoms with van der Waals surface area (Å²) in [6.07, 6.45) is 0.976. The second-order valence-electron chi connectivity index (χ2n) is 4.79. The van der Waals surface area contributed by atoms with Crippen molar-refractivity contribution in [3.05, 3.63) is 63.4 Å². The van der Waals surface area contributed by atoms with Crippen LogP contribution in [-0.4, -0.2) is 4.98 Å². The Balaban J connectivity index is 2.07. The van der Waals surface area contributed by atoms with Crippen molar-refractivity contribution in [3.8, 4) is 0 Å². The van der Waals surface area contributed by atoms with E-state index in [4.69, 9.17) is 23.2 Å². The third-order valence-electron chi connectivity index (χ3n) is 3.23.